The fraction of sp³-hybridized carbons (Fsp3) is 0.318. The average Bonchev–Trinajstić information content (AvgIpc) is 3.42. The third-order valence-corrected chi connectivity index (χ3v) is 6.02. The van der Waals surface area contributed by atoms with Crippen LogP contribution in [-0.4, -0.2) is 48.6 Å². The second kappa shape index (κ2) is 8.63. The largest absolute Gasteiger partial charge is 0.369 e. The lowest BCUT2D eigenvalue weighted by molar-refractivity contribution is -0.116. The van der Waals surface area contributed by atoms with Gasteiger partial charge in [-0.15, -0.1) is 0 Å². The molecule has 3 aromatic rings. The van der Waals surface area contributed by atoms with Gasteiger partial charge in [0, 0.05) is 49.9 Å². The van der Waals surface area contributed by atoms with Gasteiger partial charge in [0.05, 0.1) is 12.5 Å². The van der Waals surface area contributed by atoms with E-state index in [1.165, 1.54) is 11.3 Å². The molecular weight excluding hydrogens is 368 g/mol. The zero-order valence-electron chi connectivity index (χ0n) is 16.1. The summed E-state index contributed by atoms with van der Waals surface area (Å²) in [6, 6.07) is 14.3. The van der Waals surface area contributed by atoms with Crippen molar-refractivity contribution in [2.24, 2.45) is 0 Å². The minimum absolute atomic E-state index is 0.0193. The van der Waals surface area contributed by atoms with E-state index in [1.807, 2.05) is 36.7 Å². The van der Waals surface area contributed by atoms with E-state index in [4.69, 9.17) is 0 Å². The van der Waals surface area contributed by atoms with Gasteiger partial charge in [-0.2, -0.15) is 11.3 Å². The van der Waals surface area contributed by atoms with Gasteiger partial charge in [-0.25, -0.2) is 0 Å². The zero-order chi connectivity index (χ0) is 19.3. The van der Waals surface area contributed by atoms with Crippen molar-refractivity contribution < 1.29 is 4.79 Å². The van der Waals surface area contributed by atoms with Gasteiger partial charge in [0.25, 0.3) is 0 Å². The van der Waals surface area contributed by atoms with Gasteiger partial charge in [-0.1, -0.05) is 0 Å². The van der Waals surface area contributed by atoms with Crippen molar-refractivity contribution in [2.75, 3.05) is 43.4 Å². The van der Waals surface area contributed by atoms with Gasteiger partial charge in [0.15, 0.2) is 0 Å². The molecule has 0 saturated carbocycles. The number of thiophene rings is 1. The van der Waals surface area contributed by atoms with Crippen LogP contribution >= 0.6 is 11.3 Å². The highest BCUT2D eigenvalue weighted by Crippen LogP contribution is 2.25. The van der Waals surface area contributed by atoms with Crippen molar-refractivity contribution >= 4 is 28.6 Å². The summed E-state index contributed by atoms with van der Waals surface area (Å²) in [5, 5.41) is 7.23. The number of hydrogen-bond donors (Lipinski definition) is 1. The first-order valence-corrected chi connectivity index (χ1v) is 10.6. The molecule has 6 heteroatoms. The highest BCUT2D eigenvalue weighted by molar-refractivity contribution is 7.08. The maximum Gasteiger partial charge on any atom is 0.226 e. The molecule has 0 radical (unpaired) electrons. The molecule has 2 aromatic heterocycles. The Hall–Kier alpha value is -2.57. The molecule has 1 aliphatic rings. The Bertz CT molecular complexity index is 832. The molecule has 3 heterocycles. The summed E-state index contributed by atoms with van der Waals surface area (Å²) in [7, 11) is 2.16. The van der Waals surface area contributed by atoms with Gasteiger partial charge < -0.3 is 19.7 Å². The first-order valence-electron chi connectivity index (χ1n) is 9.67. The SMILES string of the molecule is CN1CCN(c2ccc(NC(=O)C[C@H](c3ccsc3)n3cccc3)cc2)CC1. The molecule has 1 saturated heterocycles. The maximum atomic E-state index is 12.7. The monoisotopic (exact) mass is 394 g/mol. The van der Waals surface area contributed by atoms with E-state index < -0.39 is 0 Å². The van der Waals surface area contributed by atoms with Gasteiger partial charge in [-0.3, -0.25) is 4.79 Å². The molecule has 1 aromatic carbocycles. The number of aromatic nitrogens is 1. The molecule has 146 valence electrons. The van der Waals surface area contributed by atoms with Crippen molar-refractivity contribution in [2.45, 2.75) is 12.5 Å². The van der Waals surface area contributed by atoms with Crippen LogP contribution in [0, 0.1) is 0 Å². The molecule has 1 fully saturated rings. The Morgan fingerprint density at radius 3 is 2.43 bits per heavy atom. The van der Waals surface area contributed by atoms with Crippen LogP contribution < -0.4 is 10.2 Å². The summed E-state index contributed by atoms with van der Waals surface area (Å²) in [4.78, 5) is 17.4. The van der Waals surface area contributed by atoms with Crippen molar-refractivity contribution in [3.05, 3.63) is 71.2 Å². The molecule has 5 nitrogen and oxygen atoms in total. The molecule has 28 heavy (non-hydrogen) atoms. The molecule has 1 aliphatic heterocycles. The van der Waals surface area contributed by atoms with Gasteiger partial charge in [0.1, 0.15) is 0 Å². The number of rotatable bonds is 6. The van der Waals surface area contributed by atoms with E-state index in [-0.39, 0.29) is 11.9 Å². The van der Waals surface area contributed by atoms with E-state index in [9.17, 15) is 4.79 Å². The topological polar surface area (TPSA) is 40.5 Å². The van der Waals surface area contributed by atoms with Gasteiger partial charge >= 0.3 is 0 Å². The highest BCUT2D eigenvalue weighted by Gasteiger charge is 2.18. The summed E-state index contributed by atoms with van der Waals surface area (Å²) < 4.78 is 2.10. The smallest absolute Gasteiger partial charge is 0.226 e. The van der Waals surface area contributed by atoms with Gasteiger partial charge in [-0.05, 0) is 65.8 Å². The summed E-state index contributed by atoms with van der Waals surface area (Å²) >= 11 is 1.66. The molecule has 0 bridgehead atoms. The van der Waals surface area contributed by atoms with E-state index in [0.29, 0.717) is 6.42 Å². The third kappa shape index (κ3) is 4.46. The quantitative estimate of drug-likeness (QED) is 0.689. The van der Waals surface area contributed by atoms with Crippen LogP contribution in [0.4, 0.5) is 11.4 Å². The Morgan fingerprint density at radius 2 is 1.79 bits per heavy atom. The first-order chi connectivity index (χ1) is 13.7. The number of carbonyl (C=O) groups excluding carboxylic acids is 1. The minimum Gasteiger partial charge on any atom is -0.369 e. The predicted molar refractivity (Wildman–Crippen MR) is 116 cm³/mol. The Labute approximate surface area is 170 Å². The molecule has 1 amide bonds. The normalized spacial score (nSPS) is 16.1. The Kier molecular flexibility index (Phi) is 5.78. The Balaban J connectivity index is 1.39. The highest BCUT2D eigenvalue weighted by atomic mass is 32.1. The van der Waals surface area contributed by atoms with Crippen LogP contribution in [0.15, 0.2) is 65.6 Å². The summed E-state index contributed by atoms with van der Waals surface area (Å²) in [5.41, 5.74) is 3.23. The van der Waals surface area contributed by atoms with Crippen molar-refractivity contribution in [3.8, 4) is 0 Å². The summed E-state index contributed by atoms with van der Waals surface area (Å²) in [6.07, 6.45) is 4.44. The number of carbonyl (C=O) groups is 1. The van der Waals surface area contributed by atoms with E-state index >= 15 is 0 Å². The molecular formula is C22H26N4OS. The third-order valence-electron chi connectivity index (χ3n) is 5.31. The van der Waals surface area contributed by atoms with Crippen molar-refractivity contribution in [3.63, 3.8) is 0 Å². The first kappa shape index (κ1) is 18.8. The average molecular weight is 395 g/mol. The van der Waals surface area contributed by atoms with E-state index in [1.54, 1.807) is 11.3 Å². The number of benzene rings is 1. The van der Waals surface area contributed by atoms with Crippen molar-refractivity contribution in [1.82, 2.24) is 9.47 Å². The summed E-state index contributed by atoms with van der Waals surface area (Å²) in [5.74, 6) is 0.0252. The van der Waals surface area contributed by atoms with E-state index in [2.05, 4.69) is 55.7 Å². The second-order valence-electron chi connectivity index (χ2n) is 7.29. The second-order valence-corrected chi connectivity index (χ2v) is 8.07. The lowest BCUT2D eigenvalue weighted by atomic mass is 10.1. The maximum absolute atomic E-state index is 12.7. The minimum atomic E-state index is 0.0193. The number of piperazine rings is 1. The lowest BCUT2D eigenvalue weighted by Gasteiger charge is -2.34. The molecule has 0 aliphatic carbocycles. The number of anilines is 2. The fourth-order valence-corrected chi connectivity index (χ4v) is 4.33. The number of nitrogens with zero attached hydrogens (tertiary/aromatic N) is 3. The predicted octanol–water partition coefficient (Wildman–Crippen LogP) is 3.92. The standard InChI is InChI=1S/C22H26N4OS/c1-24-11-13-25(14-12-24)20-6-4-19(5-7-20)23-22(27)16-21(18-8-15-28-17-18)26-9-2-3-10-26/h2-10,15,17,21H,11-14,16H2,1H3,(H,23,27)/t21-/m1/s1. The molecule has 1 N–H and O–H groups in total. The van der Waals surface area contributed by atoms with Crippen molar-refractivity contribution in [1.29, 1.82) is 0 Å². The molecule has 4 rings (SSSR count). The number of hydrogen-bond acceptors (Lipinski definition) is 4. The van der Waals surface area contributed by atoms with Crippen LogP contribution in [0.25, 0.3) is 0 Å². The lowest BCUT2D eigenvalue weighted by Crippen LogP contribution is -2.44. The molecule has 0 spiro atoms. The van der Waals surface area contributed by atoms with Crippen LogP contribution in [0.5, 0.6) is 0 Å². The van der Waals surface area contributed by atoms with Crippen LogP contribution in [-0.2, 0) is 4.79 Å². The van der Waals surface area contributed by atoms with Crippen LogP contribution in [0.3, 0.4) is 0 Å². The zero-order valence-corrected chi connectivity index (χ0v) is 16.9. The number of amides is 1. The molecule has 0 unspecified atom stereocenters. The summed E-state index contributed by atoms with van der Waals surface area (Å²) in [6.45, 7) is 4.26. The number of nitrogens with one attached hydrogen (secondary N) is 1. The molecule has 1 atom stereocenters. The van der Waals surface area contributed by atoms with Gasteiger partial charge in [0.2, 0.25) is 5.91 Å². The fourth-order valence-electron chi connectivity index (χ4n) is 3.62. The van der Waals surface area contributed by atoms with Crippen LogP contribution in [0.2, 0.25) is 0 Å². The number of likely N-dealkylation sites (N-methyl/N-ethyl adjacent to an activating group) is 1. The van der Waals surface area contributed by atoms with E-state index in [0.717, 1.165) is 31.9 Å². The Morgan fingerprint density at radius 1 is 1.07 bits per heavy atom. The van der Waals surface area contributed by atoms with Crippen LogP contribution in [0.1, 0.15) is 18.0 Å².